The number of carbonyl (C=O) groups excluding carboxylic acids is 2. The van der Waals surface area contributed by atoms with Gasteiger partial charge in [0.25, 0.3) is 11.6 Å². The minimum Gasteiger partial charge on any atom is -0.482 e. The molecule has 9 nitrogen and oxygen atoms in total. The van der Waals surface area contributed by atoms with E-state index in [0.717, 1.165) is 25.2 Å². The van der Waals surface area contributed by atoms with E-state index in [4.69, 9.17) is 4.74 Å². The second-order valence-corrected chi connectivity index (χ2v) is 7.71. The number of likely N-dealkylation sites (tertiary alicyclic amines) is 1. The van der Waals surface area contributed by atoms with Crippen LogP contribution in [0, 0.1) is 10.1 Å². The summed E-state index contributed by atoms with van der Waals surface area (Å²) in [5.41, 5.74) is 2.27. The molecule has 0 radical (unpaired) electrons. The number of anilines is 1. The van der Waals surface area contributed by atoms with Crippen LogP contribution in [0.2, 0.25) is 0 Å². The Hall–Kier alpha value is -3.46. The number of hydrogen-bond donors (Lipinski definition) is 1. The molecule has 1 N–H and O–H groups in total. The minimum absolute atomic E-state index is 0.168. The quantitative estimate of drug-likeness (QED) is 0.540. The first kappa shape index (κ1) is 20.8. The van der Waals surface area contributed by atoms with Gasteiger partial charge in [-0.3, -0.25) is 29.5 Å². The van der Waals surface area contributed by atoms with E-state index in [1.165, 1.54) is 41.5 Å². The fourth-order valence-corrected chi connectivity index (χ4v) is 3.94. The minimum atomic E-state index is -0.547. The largest absolute Gasteiger partial charge is 0.482 e. The van der Waals surface area contributed by atoms with Crippen molar-refractivity contribution >= 4 is 23.2 Å². The average Bonchev–Trinajstić information content (AvgIpc) is 3.28. The molecule has 0 spiro atoms. The van der Waals surface area contributed by atoms with E-state index in [1.807, 2.05) is 18.2 Å². The molecule has 2 aromatic rings. The molecule has 2 aromatic carbocycles. The number of benzene rings is 2. The van der Waals surface area contributed by atoms with Crippen LogP contribution in [0.5, 0.6) is 5.75 Å². The summed E-state index contributed by atoms with van der Waals surface area (Å²) in [5.74, 6) is -0.421. The highest BCUT2D eigenvalue weighted by atomic mass is 16.6. The number of nitrogens with zero attached hydrogens (tertiary/aromatic N) is 3. The molecule has 0 atom stereocenters. The van der Waals surface area contributed by atoms with Crippen molar-refractivity contribution in [2.75, 3.05) is 31.1 Å². The van der Waals surface area contributed by atoms with Crippen LogP contribution in [0.25, 0.3) is 0 Å². The standard InChI is InChI=1S/C22H24N4O5/c27-21(23-12-16-5-1-2-6-17(16)13-24-9-3-4-10-24)14-25-19-11-18(26(29)30)7-8-20(19)31-15-22(25)28/h1-2,5-8,11H,3-4,9-10,12-15H2,(H,23,27). The SMILES string of the molecule is O=C(CN1C(=O)COc2ccc([N+](=O)[O-])cc21)NCc1ccccc1CN1CCCC1. The molecule has 1 fully saturated rings. The highest BCUT2D eigenvalue weighted by molar-refractivity contribution is 6.02. The van der Waals surface area contributed by atoms with Gasteiger partial charge in [0.1, 0.15) is 12.3 Å². The van der Waals surface area contributed by atoms with Crippen molar-refractivity contribution in [3.05, 3.63) is 63.7 Å². The van der Waals surface area contributed by atoms with Gasteiger partial charge in [-0.1, -0.05) is 24.3 Å². The normalized spacial score (nSPS) is 16.0. The first-order valence-electron chi connectivity index (χ1n) is 10.3. The van der Waals surface area contributed by atoms with E-state index in [2.05, 4.69) is 16.3 Å². The Labute approximate surface area is 179 Å². The van der Waals surface area contributed by atoms with Gasteiger partial charge in [0.05, 0.1) is 10.6 Å². The fraction of sp³-hybridized carbons (Fsp3) is 0.364. The van der Waals surface area contributed by atoms with Gasteiger partial charge in [0.15, 0.2) is 6.61 Å². The third-order valence-corrected chi connectivity index (χ3v) is 5.59. The number of carbonyl (C=O) groups is 2. The highest BCUT2D eigenvalue weighted by Gasteiger charge is 2.29. The van der Waals surface area contributed by atoms with Gasteiger partial charge >= 0.3 is 0 Å². The second kappa shape index (κ2) is 9.13. The van der Waals surface area contributed by atoms with Crippen LogP contribution in [0.1, 0.15) is 24.0 Å². The van der Waals surface area contributed by atoms with E-state index < -0.39 is 10.8 Å². The number of non-ortho nitro benzene ring substituents is 1. The zero-order chi connectivity index (χ0) is 21.8. The topological polar surface area (TPSA) is 105 Å². The molecule has 4 rings (SSSR count). The van der Waals surface area contributed by atoms with Crippen LogP contribution in [0.4, 0.5) is 11.4 Å². The van der Waals surface area contributed by atoms with E-state index in [1.54, 1.807) is 0 Å². The molecule has 2 aliphatic heterocycles. The number of nitrogens with one attached hydrogen (secondary N) is 1. The van der Waals surface area contributed by atoms with Crippen LogP contribution in [0.3, 0.4) is 0 Å². The van der Waals surface area contributed by atoms with Crippen molar-refractivity contribution in [1.82, 2.24) is 10.2 Å². The summed E-state index contributed by atoms with van der Waals surface area (Å²) in [4.78, 5) is 39.1. The smallest absolute Gasteiger partial charge is 0.271 e. The third kappa shape index (κ3) is 4.83. The van der Waals surface area contributed by atoms with Crippen molar-refractivity contribution < 1.29 is 19.2 Å². The molecule has 0 aromatic heterocycles. The zero-order valence-corrected chi connectivity index (χ0v) is 17.1. The predicted molar refractivity (Wildman–Crippen MR) is 114 cm³/mol. The van der Waals surface area contributed by atoms with E-state index in [-0.39, 0.29) is 30.4 Å². The van der Waals surface area contributed by atoms with Crippen LogP contribution in [-0.4, -0.2) is 47.9 Å². The average molecular weight is 424 g/mol. The van der Waals surface area contributed by atoms with Crippen LogP contribution >= 0.6 is 0 Å². The second-order valence-electron chi connectivity index (χ2n) is 7.71. The monoisotopic (exact) mass is 424 g/mol. The van der Waals surface area contributed by atoms with Gasteiger partial charge in [0, 0.05) is 25.2 Å². The lowest BCUT2D eigenvalue weighted by molar-refractivity contribution is -0.384. The molecule has 162 valence electrons. The van der Waals surface area contributed by atoms with Crippen molar-refractivity contribution in [2.45, 2.75) is 25.9 Å². The van der Waals surface area contributed by atoms with E-state index in [9.17, 15) is 19.7 Å². The Morgan fingerprint density at radius 1 is 1.13 bits per heavy atom. The summed E-state index contributed by atoms with van der Waals surface area (Å²) in [5, 5.41) is 14.0. The first-order chi connectivity index (χ1) is 15.0. The van der Waals surface area contributed by atoms with Crippen molar-refractivity contribution in [3.8, 4) is 5.75 Å². The van der Waals surface area contributed by atoms with Crippen LogP contribution < -0.4 is 15.0 Å². The van der Waals surface area contributed by atoms with Gasteiger partial charge in [-0.05, 0) is 43.1 Å². The maximum atomic E-state index is 12.6. The molecule has 0 bridgehead atoms. The highest BCUT2D eigenvalue weighted by Crippen LogP contribution is 2.35. The summed E-state index contributed by atoms with van der Waals surface area (Å²) in [6, 6.07) is 12.0. The summed E-state index contributed by atoms with van der Waals surface area (Å²) in [6.45, 7) is 2.94. The Morgan fingerprint density at radius 3 is 2.61 bits per heavy atom. The molecule has 2 heterocycles. The number of nitro groups is 1. The number of rotatable bonds is 7. The summed E-state index contributed by atoms with van der Waals surface area (Å²) < 4.78 is 5.34. The maximum Gasteiger partial charge on any atom is 0.271 e. The Kier molecular flexibility index (Phi) is 6.13. The molecule has 0 saturated carbocycles. The lowest BCUT2D eigenvalue weighted by Gasteiger charge is -2.28. The van der Waals surface area contributed by atoms with Crippen LogP contribution in [-0.2, 0) is 22.7 Å². The van der Waals surface area contributed by atoms with Gasteiger partial charge in [-0.2, -0.15) is 0 Å². The molecular weight excluding hydrogens is 400 g/mol. The van der Waals surface area contributed by atoms with Gasteiger partial charge < -0.3 is 10.1 Å². The molecule has 2 aliphatic rings. The summed E-state index contributed by atoms with van der Waals surface area (Å²) in [7, 11) is 0. The number of fused-ring (bicyclic) bond motifs is 1. The predicted octanol–water partition coefficient (Wildman–Crippen LogP) is 2.23. The summed E-state index contributed by atoms with van der Waals surface area (Å²) in [6.07, 6.45) is 2.43. The molecule has 9 heteroatoms. The molecule has 31 heavy (non-hydrogen) atoms. The fourth-order valence-electron chi connectivity index (χ4n) is 3.94. The molecule has 0 aliphatic carbocycles. The van der Waals surface area contributed by atoms with Crippen LogP contribution in [0.15, 0.2) is 42.5 Å². The van der Waals surface area contributed by atoms with Gasteiger partial charge in [0.2, 0.25) is 5.91 Å². The molecule has 2 amide bonds. The third-order valence-electron chi connectivity index (χ3n) is 5.59. The number of amides is 2. The summed E-state index contributed by atoms with van der Waals surface area (Å²) >= 11 is 0. The first-order valence-corrected chi connectivity index (χ1v) is 10.3. The number of nitro benzene ring substituents is 1. The Morgan fingerprint density at radius 2 is 1.87 bits per heavy atom. The Balaban J connectivity index is 1.42. The van der Waals surface area contributed by atoms with Crippen molar-refractivity contribution in [1.29, 1.82) is 0 Å². The molecule has 1 saturated heterocycles. The van der Waals surface area contributed by atoms with E-state index >= 15 is 0 Å². The van der Waals surface area contributed by atoms with Gasteiger partial charge in [-0.15, -0.1) is 0 Å². The molecular formula is C22H24N4O5. The number of hydrogen-bond acceptors (Lipinski definition) is 6. The lowest BCUT2D eigenvalue weighted by atomic mass is 10.1. The zero-order valence-electron chi connectivity index (χ0n) is 17.1. The molecule has 0 unspecified atom stereocenters. The van der Waals surface area contributed by atoms with Crippen molar-refractivity contribution in [2.24, 2.45) is 0 Å². The Bertz CT molecular complexity index is 1000. The lowest BCUT2D eigenvalue weighted by Crippen LogP contribution is -2.45. The number of ether oxygens (including phenoxy) is 1. The van der Waals surface area contributed by atoms with Gasteiger partial charge in [-0.25, -0.2) is 0 Å². The van der Waals surface area contributed by atoms with E-state index in [0.29, 0.717) is 12.3 Å². The maximum absolute atomic E-state index is 12.6. The van der Waals surface area contributed by atoms with Crippen molar-refractivity contribution in [3.63, 3.8) is 0 Å².